The average Bonchev–Trinajstić information content (AvgIpc) is 2.84. The van der Waals surface area contributed by atoms with E-state index in [9.17, 15) is 13.2 Å². The van der Waals surface area contributed by atoms with Crippen molar-refractivity contribution in [2.75, 3.05) is 48.3 Å². The lowest BCUT2D eigenvalue weighted by Gasteiger charge is -2.30. The molecule has 0 radical (unpaired) electrons. The van der Waals surface area contributed by atoms with E-state index >= 15 is 0 Å². The molecule has 2 aromatic carbocycles. The van der Waals surface area contributed by atoms with E-state index in [1.54, 1.807) is 24.3 Å². The van der Waals surface area contributed by atoms with Crippen LogP contribution < -0.4 is 15.5 Å². The van der Waals surface area contributed by atoms with Crippen LogP contribution in [0.3, 0.4) is 0 Å². The first-order valence-electron chi connectivity index (χ1n) is 11.5. The number of rotatable bonds is 7. The molecule has 1 amide bonds. The minimum absolute atomic E-state index is 0.105. The first kappa shape index (κ1) is 22.6. The summed E-state index contributed by atoms with van der Waals surface area (Å²) in [5.41, 5.74) is 2.54. The molecule has 0 bridgehead atoms. The number of carbonyl (C=O) groups is 1. The van der Waals surface area contributed by atoms with E-state index in [0.29, 0.717) is 18.8 Å². The van der Waals surface area contributed by atoms with Crippen LogP contribution in [0.25, 0.3) is 0 Å². The molecular formula is C24H32N4O3S. The molecule has 0 aromatic heterocycles. The number of nitrogens with zero attached hydrogens (tertiary/aromatic N) is 2. The molecule has 2 aliphatic rings. The maximum atomic E-state index is 12.9. The van der Waals surface area contributed by atoms with Crippen LogP contribution in [-0.4, -0.2) is 51.4 Å². The van der Waals surface area contributed by atoms with Gasteiger partial charge in [-0.25, -0.2) is 8.42 Å². The summed E-state index contributed by atoms with van der Waals surface area (Å²) >= 11 is 0. The Morgan fingerprint density at radius 1 is 0.844 bits per heavy atom. The smallest absolute Gasteiger partial charge is 0.243 e. The van der Waals surface area contributed by atoms with Gasteiger partial charge in [-0.1, -0.05) is 24.6 Å². The van der Waals surface area contributed by atoms with Gasteiger partial charge in [0.25, 0.3) is 0 Å². The van der Waals surface area contributed by atoms with Crippen LogP contribution in [0.15, 0.2) is 53.4 Å². The molecule has 2 heterocycles. The Hall–Kier alpha value is -2.58. The van der Waals surface area contributed by atoms with Crippen molar-refractivity contribution < 1.29 is 13.2 Å². The number of piperidine rings is 2. The largest absolute Gasteiger partial charge is 0.374 e. The minimum atomic E-state index is -3.53. The number of hydrogen-bond acceptors (Lipinski definition) is 5. The number of benzene rings is 2. The zero-order chi connectivity index (χ0) is 22.4. The Bertz CT molecular complexity index is 1030. The van der Waals surface area contributed by atoms with E-state index in [1.807, 2.05) is 18.2 Å². The molecule has 2 aromatic rings. The van der Waals surface area contributed by atoms with Crippen molar-refractivity contribution >= 4 is 33.0 Å². The highest BCUT2D eigenvalue weighted by molar-refractivity contribution is 7.89. The van der Waals surface area contributed by atoms with Gasteiger partial charge in [0.2, 0.25) is 15.9 Å². The van der Waals surface area contributed by atoms with Crippen molar-refractivity contribution in [3.63, 3.8) is 0 Å². The summed E-state index contributed by atoms with van der Waals surface area (Å²) in [5.74, 6) is -0.217. The molecule has 8 heteroatoms. The first-order valence-corrected chi connectivity index (χ1v) is 13.0. The molecule has 4 rings (SSSR count). The fraction of sp³-hybridized carbons (Fsp3) is 0.458. The lowest BCUT2D eigenvalue weighted by atomic mass is 10.1. The SMILES string of the molecule is O=C(CNc1ccccc1N1CCCCC1)Nc1cccc(S(=O)(=O)N2CCCCC2)c1. The molecule has 2 N–H and O–H groups in total. The van der Waals surface area contributed by atoms with Gasteiger partial charge in [-0.2, -0.15) is 4.31 Å². The second-order valence-corrected chi connectivity index (χ2v) is 10.4. The number of hydrogen-bond donors (Lipinski definition) is 2. The Morgan fingerprint density at radius 2 is 1.53 bits per heavy atom. The van der Waals surface area contributed by atoms with Crippen molar-refractivity contribution in [3.8, 4) is 0 Å². The second kappa shape index (κ2) is 10.4. The van der Waals surface area contributed by atoms with E-state index in [0.717, 1.165) is 43.7 Å². The summed E-state index contributed by atoms with van der Waals surface area (Å²) in [6.45, 7) is 3.28. The van der Waals surface area contributed by atoms with Crippen molar-refractivity contribution in [1.82, 2.24) is 4.31 Å². The summed E-state index contributed by atoms with van der Waals surface area (Å²) in [6.07, 6.45) is 6.48. The molecule has 172 valence electrons. The molecule has 0 spiro atoms. The van der Waals surface area contributed by atoms with Gasteiger partial charge >= 0.3 is 0 Å². The quantitative estimate of drug-likeness (QED) is 0.660. The van der Waals surface area contributed by atoms with Crippen molar-refractivity contribution in [3.05, 3.63) is 48.5 Å². The van der Waals surface area contributed by atoms with Gasteiger partial charge in [-0.05, 0) is 62.4 Å². The average molecular weight is 457 g/mol. The minimum Gasteiger partial charge on any atom is -0.374 e. The van der Waals surface area contributed by atoms with E-state index in [4.69, 9.17) is 0 Å². The Labute approximate surface area is 190 Å². The third-order valence-corrected chi connectivity index (χ3v) is 8.01. The van der Waals surface area contributed by atoms with Gasteiger partial charge in [0.05, 0.1) is 22.8 Å². The molecule has 0 unspecified atom stereocenters. The van der Waals surface area contributed by atoms with Crippen LogP contribution >= 0.6 is 0 Å². The molecular weight excluding hydrogens is 424 g/mol. The Kier molecular flexibility index (Phi) is 7.32. The fourth-order valence-electron chi connectivity index (χ4n) is 4.40. The molecule has 2 saturated heterocycles. The highest BCUT2D eigenvalue weighted by atomic mass is 32.2. The highest BCUT2D eigenvalue weighted by Crippen LogP contribution is 2.28. The van der Waals surface area contributed by atoms with Crippen molar-refractivity contribution in [2.45, 2.75) is 43.4 Å². The third-order valence-electron chi connectivity index (χ3n) is 6.11. The summed E-state index contributed by atoms with van der Waals surface area (Å²) in [6, 6.07) is 14.6. The monoisotopic (exact) mass is 456 g/mol. The van der Waals surface area contributed by atoms with E-state index in [2.05, 4.69) is 21.6 Å². The Balaban J connectivity index is 1.39. The molecule has 32 heavy (non-hydrogen) atoms. The van der Waals surface area contributed by atoms with Crippen LogP contribution in [0, 0.1) is 0 Å². The number of nitrogens with one attached hydrogen (secondary N) is 2. The predicted octanol–water partition coefficient (Wildman–Crippen LogP) is 3.90. The summed E-state index contributed by atoms with van der Waals surface area (Å²) in [5, 5.41) is 6.08. The number of sulfonamides is 1. The lowest BCUT2D eigenvalue weighted by Crippen LogP contribution is -2.35. The maximum Gasteiger partial charge on any atom is 0.243 e. The topological polar surface area (TPSA) is 81.8 Å². The molecule has 2 fully saturated rings. The van der Waals surface area contributed by atoms with E-state index in [-0.39, 0.29) is 17.3 Å². The van der Waals surface area contributed by atoms with Crippen LogP contribution in [-0.2, 0) is 14.8 Å². The number of amides is 1. The third kappa shape index (κ3) is 5.42. The number of carbonyl (C=O) groups excluding carboxylic acids is 1. The van der Waals surface area contributed by atoms with Crippen LogP contribution in [0.4, 0.5) is 17.1 Å². The standard InChI is InChI=1S/C24H32N4O3S/c29-24(19-25-22-12-3-4-13-23(22)27-14-5-1-6-15-27)26-20-10-9-11-21(18-20)32(30,31)28-16-7-2-8-17-28/h3-4,9-13,18,25H,1-2,5-8,14-17,19H2,(H,26,29). The maximum absolute atomic E-state index is 12.9. The van der Waals surface area contributed by atoms with E-state index in [1.165, 1.54) is 23.6 Å². The highest BCUT2D eigenvalue weighted by Gasteiger charge is 2.26. The lowest BCUT2D eigenvalue weighted by molar-refractivity contribution is -0.114. The van der Waals surface area contributed by atoms with Gasteiger partial charge in [0.15, 0.2) is 0 Å². The van der Waals surface area contributed by atoms with Gasteiger partial charge in [0.1, 0.15) is 0 Å². The summed E-state index contributed by atoms with van der Waals surface area (Å²) in [4.78, 5) is 15.2. The summed E-state index contributed by atoms with van der Waals surface area (Å²) < 4.78 is 27.4. The van der Waals surface area contributed by atoms with Crippen LogP contribution in [0.2, 0.25) is 0 Å². The van der Waals surface area contributed by atoms with Crippen molar-refractivity contribution in [2.24, 2.45) is 0 Å². The fourth-order valence-corrected chi connectivity index (χ4v) is 5.97. The van der Waals surface area contributed by atoms with Gasteiger partial charge < -0.3 is 15.5 Å². The normalized spacial score (nSPS) is 17.7. The molecule has 0 saturated carbocycles. The van der Waals surface area contributed by atoms with Crippen LogP contribution in [0.1, 0.15) is 38.5 Å². The molecule has 7 nitrogen and oxygen atoms in total. The predicted molar refractivity (Wildman–Crippen MR) is 129 cm³/mol. The van der Waals surface area contributed by atoms with Crippen LogP contribution in [0.5, 0.6) is 0 Å². The van der Waals surface area contributed by atoms with Gasteiger partial charge in [-0.3, -0.25) is 4.79 Å². The Morgan fingerprint density at radius 3 is 2.28 bits per heavy atom. The zero-order valence-corrected chi connectivity index (χ0v) is 19.2. The first-order chi connectivity index (χ1) is 15.5. The van der Waals surface area contributed by atoms with Crippen molar-refractivity contribution in [1.29, 1.82) is 0 Å². The molecule has 0 atom stereocenters. The van der Waals surface area contributed by atoms with Gasteiger partial charge in [-0.15, -0.1) is 0 Å². The second-order valence-electron chi connectivity index (χ2n) is 8.46. The molecule has 2 aliphatic heterocycles. The summed E-state index contributed by atoms with van der Waals surface area (Å²) in [7, 11) is -3.53. The van der Waals surface area contributed by atoms with Gasteiger partial charge in [0, 0.05) is 31.9 Å². The number of para-hydroxylation sites is 2. The zero-order valence-electron chi connectivity index (χ0n) is 18.4. The van der Waals surface area contributed by atoms with E-state index < -0.39 is 10.0 Å². The molecule has 0 aliphatic carbocycles. The number of anilines is 3.